The monoisotopic (exact) mass is 322 g/mol. The Kier molecular flexibility index (Phi) is 4.58. The molecular formula is C16H17F3N4. The number of benzene rings is 1. The summed E-state index contributed by atoms with van der Waals surface area (Å²) in [6, 6.07) is 9.01. The number of rotatable bonds is 3. The van der Waals surface area contributed by atoms with E-state index < -0.39 is 11.7 Å². The summed E-state index contributed by atoms with van der Waals surface area (Å²) >= 11 is 0. The molecule has 0 aliphatic rings. The van der Waals surface area contributed by atoms with Gasteiger partial charge in [-0.2, -0.15) is 18.3 Å². The second-order valence-corrected chi connectivity index (χ2v) is 5.29. The average molecular weight is 322 g/mol. The number of hydrogen-bond acceptors (Lipinski definition) is 4. The fraction of sp³-hybridized carbons (Fsp3) is 0.250. The van der Waals surface area contributed by atoms with Gasteiger partial charge in [0.25, 0.3) is 0 Å². The number of anilines is 1. The molecule has 2 N–H and O–H groups in total. The van der Waals surface area contributed by atoms with Gasteiger partial charge in [0.2, 0.25) is 0 Å². The van der Waals surface area contributed by atoms with Crippen LogP contribution in [-0.4, -0.2) is 24.8 Å². The lowest BCUT2D eigenvalue weighted by molar-refractivity contribution is -0.137. The summed E-state index contributed by atoms with van der Waals surface area (Å²) < 4.78 is 39.3. The zero-order valence-electron chi connectivity index (χ0n) is 13.0. The molecule has 0 amide bonds. The molecule has 23 heavy (non-hydrogen) atoms. The van der Waals surface area contributed by atoms with E-state index in [9.17, 15) is 13.2 Å². The average Bonchev–Trinajstić information content (AvgIpc) is 2.53. The molecule has 2 aromatic rings. The van der Waals surface area contributed by atoms with Crippen LogP contribution in [0.5, 0.6) is 0 Å². The minimum absolute atomic E-state index is 0.240. The Morgan fingerprint density at radius 3 is 2.43 bits per heavy atom. The smallest absolute Gasteiger partial charge is 0.363 e. The quantitative estimate of drug-likeness (QED) is 0.534. The zero-order chi connectivity index (χ0) is 17.2. The molecule has 0 bridgehead atoms. The molecule has 1 heterocycles. The number of aromatic nitrogens is 1. The molecule has 0 saturated carbocycles. The molecule has 7 heteroatoms. The third-order valence-corrected chi connectivity index (χ3v) is 3.37. The Morgan fingerprint density at radius 1 is 1.17 bits per heavy atom. The number of nitrogens with zero attached hydrogens (tertiary/aromatic N) is 3. The van der Waals surface area contributed by atoms with Crippen LogP contribution < -0.4 is 10.7 Å². The SMILES string of the molecule is C/C(=N\N)c1cccc(-c2cc(C(F)(F)F)cc(N(C)C)n2)c1. The first-order valence-corrected chi connectivity index (χ1v) is 6.84. The molecule has 1 aromatic carbocycles. The lowest BCUT2D eigenvalue weighted by Crippen LogP contribution is -2.14. The summed E-state index contributed by atoms with van der Waals surface area (Å²) in [5.74, 6) is 5.49. The van der Waals surface area contributed by atoms with Crippen molar-refractivity contribution in [2.24, 2.45) is 10.9 Å². The summed E-state index contributed by atoms with van der Waals surface area (Å²) in [5, 5.41) is 3.60. The van der Waals surface area contributed by atoms with Crippen LogP contribution in [0.1, 0.15) is 18.1 Å². The number of hydrogen-bond donors (Lipinski definition) is 1. The van der Waals surface area contributed by atoms with Gasteiger partial charge in [-0.15, -0.1) is 0 Å². The summed E-state index contributed by atoms with van der Waals surface area (Å²) in [5.41, 5.74) is 1.40. The molecule has 1 aromatic heterocycles. The third kappa shape index (κ3) is 3.80. The first-order valence-electron chi connectivity index (χ1n) is 6.84. The largest absolute Gasteiger partial charge is 0.416 e. The summed E-state index contributed by atoms with van der Waals surface area (Å²) in [6.45, 7) is 1.73. The first kappa shape index (κ1) is 16.8. The summed E-state index contributed by atoms with van der Waals surface area (Å²) in [4.78, 5) is 5.83. The van der Waals surface area contributed by atoms with Crippen molar-refractivity contribution in [3.8, 4) is 11.3 Å². The second kappa shape index (κ2) is 6.28. The van der Waals surface area contributed by atoms with E-state index in [-0.39, 0.29) is 11.5 Å². The predicted molar refractivity (Wildman–Crippen MR) is 85.4 cm³/mol. The van der Waals surface area contributed by atoms with Gasteiger partial charge in [0, 0.05) is 19.7 Å². The molecule has 0 aliphatic heterocycles. The molecule has 0 spiro atoms. The summed E-state index contributed by atoms with van der Waals surface area (Å²) in [7, 11) is 3.29. The van der Waals surface area contributed by atoms with Gasteiger partial charge in [-0.05, 0) is 30.7 Å². The fourth-order valence-corrected chi connectivity index (χ4v) is 2.03. The van der Waals surface area contributed by atoms with Crippen LogP contribution in [0.2, 0.25) is 0 Å². The Morgan fingerprint density at radius 2 is 1.87 bits per heavy atom. The van der Waals surface area contributed by atoms with Gasteiger partial charge in [0.15, 0.2) is 0 Å². The van der Waals surface area contributed by atoms with Crippen molar-refractivity contribution >= 4 is 11.5 Å². The van der Waals surface area contributed by atoms with Crippen LogP contribution in [0.25, 0.3) is 11.3 Å². The van der Waals surface area contributed by atoms with E-state index in [1.165, 1.54) is 4.90 Å². The molecule has 122 valence electrons. The van der Waals surface area contributed by atoms with E-state index in [2.05, 4.69) is 10.1 Å². The highest BCUT2D eigenvalue weighted by molar-refractivity contribution is 5.99. The van der Waals surface area contributed by atoms with Crippen molar-refractivity contribution in [3.63, 3.8) is 0 Å². The maximum Gasteiger partial charge on any atom is 0.416 e. The van der Waals surface area contributed by atoms with Gasteiger partial charge < -0.3 is 10.7 Å². The van der Waals surface area contributed by atoms with Crippen LogP contribution in [0.15, 0.2) is 41.5 Å². The van der Waals surface area contributed by atoms with E-state index in [0.717, 1.165) is 17.7 Å². The van der Waals surface area contributed by atoms with Crippen molar-refractivity contribution in [1.82, 2.24) is 4.98 Å². The second-order valence-electron chi connectivity index (χ2n) is 5.29. The Hall–Kier alpha value is -2.57. The van der Waals surface area contributed by atoms with Crippen molar-refractivity contribution in [1.29, 1.82) is 0 Å². The van der Waals surface area contributed by atoms with Crippen molar-refractivity contribution in [2.45, 2.75) is 13.1 Å². The summed E-state index contributed by atoms with van der Waals surface area (Å²) in [6.07, 6.45) is -4.44. The maximum atomic E-state index is 13.1. The van der Waals surface area contributed by atoms with Gasteiger partial charge in [0.1, 0.15) is 5.82 Å². The molecule has 0 saturated heterocycles. The van der Waals surface area contributed by atoms with Crippen LogP contribution in [0.4, 0.5) is 19.0 Å². The van der Waals surface area contributed by atoms with Gasteiger partial charge in [-0.1, -0.05) is 18.2 Å². The number of hydrazone groups is 1. The molecule has 0 fully saturated rings. The molecule has 4 nitrogen and oxygen atoms in total. The highest BCUT2D eigenvalue weighted by Gasteiger charge is 2.32. The topological polar surface area (TPSA) is 54.5 Å². The van der Waals surface area contributed by atoms with Crippen molar-refractivity contribution in [3.05, 3.63) is 47.5 Å². The molecule has 0 aliphatic carbocycles. The Labute approximate surface area is 132 Å². The van der Waals surface area contributed by atoms with E-state index >= 15 is 0 Å². The van der Waals surface area contributed by atoms with Gasteiger partial charge >= 0.3 is 6.18 Å². The number of pyridine rings is 1. The van der Waals surface area contributed by atoms with Gasteiger partial charge in [-0.25, -0.2) is 4.98 Å². The van der Waals surface area contributed by atoms with Crippen molar-refractivity contribution < 1.29 is 13.2 Å². The van der Waals surface area contributed by atoms with Gasteiger partial charge in [-0.3, -0.25) is 0 Å². The van der Waals surface area contributed by atoms with Crippen LogP contribution in [0, 0.1) is 0 Å². The Balaban J connectivity index is 2.61. The molecule has 0 radical (unpaired) electrons. The molecule has 2 rings (SSSR count). The molecule has 0 unspecified atom stereocenters. The number of alkyl halides is 3. The number of halogens is 3. The lowest BCUT2D eigenvalue weighted by Gasteiger charge is -2.16. The van der Waals surface area contributed by atoms with E-state index in [4.69, 9.17) is 5.84 Å². The van der Waals surface area contributed by atoms with E-state index in [1.54, 1.807) is 45.3 Å². The highest BCUT2D eigenvalue weighted by Crippen LogP contribution is 2.34. The highest BCUT2D eigenvalue weighted by atomic mass is 19.4. The molecule has 0 atom stereocenters. The zero-order valence-corrected chi connectivity index (χ0v) is 13.0. The minimum Gasteiger partial charge on any atom is -0.363 e. The molecular weight excluding hydrogens is 305 g/mol. The first-order chi connectivity index (χ1) is 10.7. The maximum absolute atomic E-state index is 13.1. The van der Waals surface area contributed by atoms with E-state index in [1.807, 2.05) is 0 Å². The van der Waals surface area contributed by atoms with E-state index in [0.29, 0.717) is 11.3 Å². The predicted octanol–water partition coefficient (Wildman–Crippen LogP) is 3.52. The normalized spacial score (nSPS) is 12.3. The minimum atomic E-state index is -4.44. The number of nitrogens with two attached hydrogens (primary N) is 1. The fourth-order valence-electron chi connectivity index (χ4n) is 2.03. The van der Waals surface area contributed by atoms with Crippen LogP contribution in [0.3, 0.4) is 0 Å². The van der Waals surface area contributed by atoms with Crippen LogP contribution >= 0.6 is 0 Å². The third-order valence-electron chi connectivity index (χ3n) is 3.37. The Bertz CT molecular complexity index is 736. The van der Waals surface area contributed by atoms with Crippen LogP contribution in [-0.2, 0) is 6.18 Å². The van der Waals surface area contributed by atoms with Gasteiger partial charge in [0.05, 0.1) is 17.0 Å². The van der Waals surface area contributed by atoms with Crippen molar-refractivity contribution in [2.75, 3.05) is 19.0 Å². The standard InChI is InChI=1S/C16H17F3N4/c1-10(22-20)11-5-4-6-12(7-11)14-8-13(16(17,18)19)9-15(21-14)23(2)3/h4-9H,20H2,1-3H3/b22-10+. The lowest BCUT2D eigenvalue weighted by atomic mass is 10.0.